The number of hydrogen-bond donors (Lipinski definition) is 1. The first-order valence-corrected chi connectivity index (χ1v) is 9.35. The molecule has 4 nitrogen and oxygen atoms in total. The molecule has 0 saturated heterocycles. The SMILES string of the molecule is CC(NC(=O)CCc1ccccc1Br)c1ccc2c(c1)OCCCO2. The third-order valence-corrected chi connectivity index (χ3v) is 5.00. The van der Waals surface area contributed by atoms with Crippen molar-refractivity contribution in [2.75, 3.05) is 13.2 Å². The van der Waals surface area contributed by atoms with Crippen molar-refractivity contribution in [3.05, 3.63) is 58.1 Å². The average Bonchev–Trinajstić information content (AvgIpc) is 2.85. The number of halogens is 1. The zero-order valence-corrected chi connectivity index (χ0v) is 15.8. The molecular weight excluding hydrogens is 382 g/mol. The minimum absolute atomic E-state index is 0.0374. The third-order valence-electron chi connectivity index (χ3n) is 4.23. The van der Waals surface area contributed by atoms with Crippen molar-refractivity contribution < 1.29 is 14.3 Å². The molecule has 1 aliphatic heterocycles. The van der Waals surface area contributed by atoms with E-state index in [0.717, 1.165) is 33.5 Å². The fourth-order valence-electron chi connectivity index (χ4n) is 2.80. The maximum atomic E-state index is 12.3. The smallest absolute Gasteiger partial charge is 0.220 e. The first-order valence-electron chi connectivity index (χ1n) is 8.56. The van der Waals surface area contributed by atoms with Gasteiger partial charge in [-0.2, -0.15) is 0 Å². The second-order valence-electron chi connectivity index (χ2n) is 6.14. The summed E-state index contributed by atoms with van der Waals surface area (Å²) in [5.74, 6) is 1.56. The molecule has 2 aromatic carbocycles. The van der Waals surface area contributed by atoms with E-state index in [1.165, 1.54) is 0 Å². The van der Waals surface area contributed by atoms with E-state index >= 15 is 0 Å². The number of rotatable bonds is 5. The minimum Gasteiger partial charge on any atom is -0.490 e. The van der Waals surface area contributed by atoms with Crippen molar-refractivity contribution >= 4 is 21.8 Å². The Morgan fingerprint density at radius 3 is 2.72 bits per heavy atom. The van der Waals surface area contributed by atoms with Crippen molar-refractivity contribution in [1.29, 1.82) is 0 Å². The second-order valence-corrected chi connectivity index (χ2v) is 6.99. The van der Waals surface area contributed by atoms with Gasteiger partial charge in [0.15, 0.2) is 11.5 Å². The van der Waals surface area contributed by atoms with Crippen molar-refractivity contribution in [3.8, 4) is 11.5 Å². The number of amides is 1. The lowest BCUT2D eigenvalue weighted by molar-refractivity contribution is -0.121. The third kappa shape index (κ3) is 4.75. The standard InChI is InChI=1S/C20H22BrNO3/c1-14(16-7-9-18-19(13-16)25-12-4-11-24-18)22-20(23)10-8-15-5-2-3-6-17(15)21/h2-3,5-7,9,13-14H,4,8,10-12H2,1H3,(H,22,23). The predicted molar refractivity (Wildman–Crippen MR) is 101 cm³/mol. The van der Waals surface area contributed by atoms with Crippen LogP contribution in [0.25, 0.3) is 0 Å². The molecule has 1 aliphatic rings. The Hall–Kier alpha value is -2.01. The summed E-state index contributed by atoms with van der Waals surface area (Å²) in [4.78, 5) is 12.3. The fraction of sp³-hybridized carbons (Fsp3) is 0.350. The molecule has 0 spiro atoms. The van der Waals surface area contributed by atoms with Gasteiger partial charge in [0, 0.05) is 17.3 Å². The lowest BCUT2D eigenvalue weighted by Crippen LogP contribution is -2.26. The van der Waals surface area contributed by atoms with Gasteiger partial charge in [-0.1, -0.05) is 40.2 Å². The Labute approximate surface area is 156 Å². The van der Waals surface area contributed by atoms with E-state index < -0.39 is 0 Å². The zero-order valence-electron chi connectivity index (χ0n) is 14.3. The number of carbonyl (C=O) groups excluding carboxylic acids is 1. The highest BCUT2D eigenvalue weighted by atomic mass is 79.9. The molecule has 0 fully saturated rings. The van der Waals surface area contributed by atoms with Crippen LogP contribution >= 0.6 is 15.9 Å². The predicted octanol–water partition coefficient (Wildman–Crippen LogP) is 4.42. The summed E-state index contributed by atoms with van der Waals surface area (Å²) in [5, 5.41) is 3.06. The summed E-state index contributed by atoms with van der Waals surface area (Å²) in [6.07, 6.45) is 2.05. The number of benzene rings is 2. The highest BCUT2D eigenvalue weighted by Gasteiger charge is 2.15. The van der Waals surface area contributed by atoms with Gasteiger partial charge in [-0.05, 0) is 42.7 Å². The molecule has 1 heterocycles. The van der Waals surface area contributed by atoms with Gasteiger partial charge >= 0.3 is 0 Å². The van der Waals surface area contributed by atoms with Crippen molar-refractivity contribution in [3.63, 3.8) is 0 Å². The maximum Gasteiger partial charge on any atom is 0.220 e. The topological polar surface area (TPSA) is 47.6 Å². The summed E-state index contributed by atoms with van der Waals surface area (Å²) in [6, 6.07) is 13.8. The Morgan fingerprint density at radius 2 is 1.92 bits per heavy atom. The Kier molecular flexibility index (Phi) is 5.97. The van der Waals surface area contributed by atoms with Gasteiger partial charge in [-0.15, -0.1) is 0 Å². The molecule has 1 atom stereocenters. The van der Waals surface area contributed by atoms with Crippen LogP contribution < -0.4 is 14.8 Å². The van der Waals surface area contributed by atoms with Gasteiger partial charge in [0.25, 0.3) is 0 Å². The van der Waals surface area contributed by atoms with Crippen LogP contribution in [0.3, 0.4) is 0 Å². The summed E-state index contributed by atoms with van der Waals surface area (Å²) >= 11 is 3.52. The summed E-state index contributed by atoms with van der Waals surface area (Å²) in [6.45, 7) is 3.31. The molecule has 5 heteroatoms. The van der Waals surface area contributed by atoms with Crippen molar-refractivity contribution in [2.24, 2.45) is 0 Å². The molecule has 0 saturated carbocycles. The normalized spacial score (nSPS) is 14.5. The fourth-order valence-corrected chi connectivity index (χ4v) is 3.28. The quantitative estimate of drug-likeness (QED) is 0.803. The first-order chi connectivity index (χ1) is 12.1. The number of fused-ring (bicyclic) bond motifs is 1. The highest BCUT2D eigenvalue weighted by molar-refractivity contribution is 9.10. The average molecular weight is 404 g/mol. The molecule has 25 heavy (non-hydrogen) atoms. The lowest BCUT2D eigenvalue weighted by Gasteiger charge is -2.16. The lowest BCUT2D eigenvalue weighted by atomic mass is 10.1. The largest absolute Gasteiger partial charge is 0.490 e. The van der Waals surface area contributed by atoms with Crippen LogP contribution in [0.4, 0.5) is 0 Å². The van der Waals surface area contributed by atoms with Gasteiger partial charge in [-0.25, -0.2) is 0 Å². The molecule has 0 radical (unpaired) electrons. The summed E-state index contributed by atoms with van der Waals surface area (Å²) < 4.78 is 12.4. The van der Waals surface area contributed by atoms with E-state index in [2.05, 4.69) is 21.2 Å². The highest BCUT2D eigenvalue weighted by Crippen LogP contribution is 2.32. The van der Waals surface area contributed by atoms with Crippen molar-refractivity contribution in [2.45, 2.75) is 32.2 Å². The Morgan fingerprint density at radius 1 is 1.16 bits per heavy atom. The van der Waals surface area contributed by atoms with Crippen LogP contribution in [0.5, 0.6) is 11.5 Å². The zero-order chi connectivity index (χ0) is 17.6. The van der Waals surface area contributed by atoms with E-state index in [4.69, 9.17) is 9.47 Å². The van der Waals surface area contributed by atoms with Crippen molar-refractivity contribution in [1.82, 2.24) is 5.32 Å². The van der Waals surface area contributed by atoms with Gasteiger partial charge < -0.3 is 14.8 Å². The molecule has 1 unspecified atom stereocenters. The van der Waals surface area contributed by atoms with Gasteiger partial charge in [0.2, 0.25) is 5.91 Å². The molecule has 132 valence electrons. The van der Waals surface area contributed by atoms with E-state index in [0.29, 0.717) is 26.1 Å². The molecule has 0 aromatic heterocycles. The van der Waals surface area contributed by atoms with Gasteiger partial charge in [0.1, 0.15) is 0 Å². The van der Waals surface area contributed by atoms with E-state index in [-0.39, 0.29) is 11.9 Å². The first kappa shape index (κ1) is 17.8. The van der Waals surface area contributed by atoms with Crippen LogP contribution in [0.1, 0.15) is 36.9 Å². The van der Waals surface area contributed by atoms with Crippen LogP contribution in [-0.4, -0.2) is 19.1 Å². The minimum atomic E-state index is -0.0798. The second kappa shape index (κ2) is 8.39. The van der Waals surface area contributed by atoms with Crippen LogP contribution in [0, 0.1) is 0 Å². The number of hydrogen-bond acceptors (Lipinski definition) is 3. The number of ether oxygens (including phenoxy) is 2. The molecule has 0 aliphatic carbocycles. The molecule has 1 amide bonds. The molecule has 0 bridgehead atoms. The Bertz CT molecular complexity index is 747. The van der Waals surface area contributed by atoms with Crippen LogP contribution in [0.2, 0.25) is 0 Å². The summed E-state index contributed by atoms with van der Waals surface area (Å²) in [5.41, 5.74) is 2.15. The number of carbonyl (C=O) groups is 1. The number of aryl methyl sites for hydroxylation is 1. The maximum absolute atomic E-state index is 12.3. The van der Waals surface area contributed by atoms with E-state index in [1.807, 2.05) is 49.4 Å². The molecule has 1 N–H and O–H groups in total. The van der Waals surface area contributed by atoms with Crippen LogP contribution in [-0.2, 0) is 11.2 Å². The van der Waals surface area contributed by atoms with Crippen LogP contribution in [0.15, 0.2) is 46.9 Å². The molecule has 3 rings (SSSR count). The molecule has 2 aromatic rings. The van der Waals surface area contributed by atoms with Gasteiger partial charge in [0.05, 0.1) is 19.3 Å². The van der Waals surface area contributed by atoms with E-state index in [9.17, 15) is 4.79 Å². The van der Waals surface area contributed by atoms with E-state index in [1.54, 1.807) is 0 Å². The van der Waals surface area contributed by atoms with Gasteiger partial charge in [-0.3, -0.25) is 4.79 Å². The summed E-state index contributed by atoms with van der Waals surface area (Å²) in [7, 11) is 0. The number of nitrogens with one attached hydrogen (secondary N) is 1. The molecular formula is C20H22BrNO3. The monoisotopic (exact) mass is 403 g/mol. The Balaban J connectivity index is 1.58.